The van der Waals surface area contributed by atoms with E-state index in [-0.39, 0.29) is 11.8 Å². The van der Waals surface area contributed by atoms with E-state index >= 15 is 0 Å². The molecule has 4 heteroatoms. The minimum absolute atomic E-state index is 0.203. The monoisotopic (exact) mass is 243 g/mol. The maximum absolute atomic E-state index is 11.9. The van der Waals surface area contributed by atoms with Gasteiger partial charge in [0.15, 0.2) is 5.78 Å². The molecular weight excluding hydrogens is 226 g/mol. The number of hydrogen-bond acceptors (Lipinski definition) is 2. The Morgan fingerprint density at radius 3 is 3.11 bits per heavy atom. The van der Waals surface area contributed by atoms with Gasteiger partial charge in [0.2, 0.25) is 0 Å². The lowest BCUT2D eigenvalue weighted by Crippen LogP contribution is -2.18. The molecule has 1 aliphatic rings. The predicted octanol–water partition coefficient (Wildman–Crippen LogP) is 2.73. The molecule has 0 fully saturated rings. The number of H-pyrrole nitrogens is 1. The molecule has 4 nitrogen and oxygen atoms in total. The Bertz CT molecular complexity index is 554. The molecule has 18 heavy (non-hydrogen) atoms. The number of aromatic nitrogens is 3. The number of ketones is 1. The second-order valence-electron chi connectivity index (χ2n) is 4.76. The van der Waals surface area contributed by atoms with Gasteiger partial charge in [-0.25, -0.2) is 4.98 Å². The normalized spacial score (nSPS) is 16.6. The van der Waals surface area contributed by atoms with E-state index in [1.807, 2.05) is 18.5 Å². The van der Waals surface area contributed by atoms with Crippen molar-refractivity contribution in [1.29, 1.82) is 0 Å². The second-order valence-corrected chi connectivity index (χ2v) is 4.76. The van der Waals surface area contributed by atoms with Gasteiger partial charge < -0.3 is 9.55 Å². The summed E-state index contributed by atoms with van der Waals surface area (Å²) in [5, 5.41) is 0. The van der Waals surface area contributed by atoms with Crippen molar-refractivity contribution in [2.24, 2.45) is 0 Å². The molecule has 1 atom stereocenters. The van der Waals surface area contributed by atoms with E-state index in [0.717, 1.165) is 30.7 Å². The van der Waals surface area contributed by atoms with Gasteiger partial charge in [-0.1, -0.05) is 6.92 Å². The van der Waals surface area contributed by atoms with Crippen LogP contribution in [0.15, 0.2) is 24.7 Å². The van der Waals surface area contributed by atoms with E-state index in [2.05, 4.69) is 21.5 Å². The fraction of sp³-hybridized carbons (Fsp3) is 0.429. The van der Waals surface area contributed by atoms with Gasteiger partial charge in [0, 0.05) is 36.3 Å². The van der Waals surface area contributed by atoms with Crippen molar-refractivity contribution >= 4 is 5.78 Å². The van der Waals surface area contributed by atoms with E-state index < -0.39 is 0 Å². The van der Waals surface area contributed by atoms with Crippen molar-refractivity contribution in [2.45, 2.75) is 38.6 Å². The fourth-order valence-electron chi connectivity index (χ4n) is 2.82. The number of nitrogens with one attached hydrogen (secondary N) is 1. The van der Waals surface area contributed by atoms with Gasteiger partial charge in [-0.3, -0.25) is 4.79 Å². The average molecular weight is 243 g/mol. The fourth-order valence-corrected chi connectivity index (χ4v) is 2.82. The number of rotatable bonds is 3. The maximum atomic E-state index is 11.9. The van der Waals surface area contributed by atoms with Crippen molar-refractivity contribution in [2.75, 3.05) is 0 Å². The molecule has 1 aliphatic carbocycles. The number of fused-ring (bicyclic) bond motifs is 1. The third-order valence-corrected chi connectivity index (χ3v) is 3.70. The molecule has 0 radical (unpaired) electrons. The number of carbonyl (C=O) groups is 1. The predicted molar refractivity (Wildman–Crippen MR) is 68.7 cm³/mol. The van der Waals surface area contributed by atoms with Crippen molar-refractivity contribution in [3.05, 3.63) is 41.7 Å². The second kappa shape index (κ2) is 4.44. The first-order valence-electron chi connectivity index (χ1n) is 6.53. The largest absolute Gasteiger partial charge is 0.347 e. The van der Waals surface area contributed by atoms with Gasteiger partial charge in [-0.15, -0.1) is 0 Å². The van der Waals surface area contributed by atoms with Crippen LogP contribution in [-0.4, -0.2) is 20.3 Å². The van der Waals surface area contributed by atoms with Crippen LogP contribution in [0, 0.1) is 0 Å². The first kappa shape index (κ1) is 11.3. The van der Waals surface area contributed by atoms with Gasteiger partial charge in [-0.05, 0) is 25.3 Å². The Hall–Kier alpha value is -1.84. The molecule has 0 spiro atoms. The molecule has 3 rings (SSSR count). The van der Waals surface area contributed by atoms with Gasteiger partial charge in [0.25, 0.3) is 0 Å². The van der Waals surface area contributed by atoms with E-state index in [4.69, 9.17) is 0 Å². The summed E-state index contributed by atoms with van der Waals surface area (Å²) in [7, 11) is 0. The lowest BCUT2D eigenvalue weighted by atomic mass is 9.96. The van der Waals surface area contributed by atoms with Crippen LogP contribution in [0.25, 0.3) is 0 Å². The van der Waals surface area contributed by atoms with Crippen LogP contribution in [0.1, 0.15) is 54.1 Å². The molecule has 94 valence electrons. The van der Waals surface area contributed by atoms with Gasteiger partial charge in [-0.2, -0.15) is 0 Å². The van der Waals surface area contributed by atoms with Gasteiger partial charge >= 0.3 is 0 Å². The molecule has 0 bridgehead atoms. The minimum atomic E-state index is 0.203. The summed E-state index contributed by atoms with van der Waals surface area (Å²) in [5.41, 5.74) is 2.08. The summed E-state index contributed by atoms with van der Waals surface area (Å²) in [4.78, 5) is 19.4. The van der Waals surface area contributed by atoms with E-state index in [1.54, 1.807) is 6.20 Å². The van der Waals surface area contributed by atoms with Crippen molar-refractivity contribution in [1.82, 2.24) is 14.5 Å². The average Bonchev–Trinajstić information content (AvgIpc) is 3.01. The van der Waals surface area contributed by atoms with Crippen LogP contribution < -0.4 is 0 Å². The Balaban J connectivity index is 2.04. The minimum Gasteiger partial charge on any atom is -0.347 e. The van der Waals surface area contributed by atoms with Gasteiger partial charge in [0.1, 0.15) is 5.82 Å². The molecular formula is C14H17N3O. The summed E-state index contributed by atoms with van der Waals surface area (Å²) >= 11 is 0. The maximum Gasteiger partial charge on any atom is 0.164 e. The van der Waals surface area contributed by atoms with Crippen LogP contribution in [0.5, 0.6) is 0 Å². The molecule has 2 aromatic heterocycles. The van der Waals surface area contributed by atoms with E-state index in [1.165, 1.54) is 5.69 Å². The molecule has 1 N–H and O–H groups in total. The number of Topliss-reactive ketones (excluding diaryl/α,β-unsaturated/α-hetero) is 1. The van der Waals surface area contributed by atoms with Crippen LogP contribution in [-0.2, 0) is 6.42 Å². The Labute approximate surface area is 106 Å². The zero-order chi connectivity index (χ0) is 12.5. The molecule has 0 aliphatic heterocycles. The Morgan fingerprint density at radius 2 is 2.39 bits per heavy atom. The van der Waals surface area contributed by atoms with Crippen molar-refractivity contribution in [3.8, 4) is 0 Å². The number of nitrogens with zero attached hydrogens (tertiary/aromatic N) is 2. The topological polar surface area (TPSA) is 50.7 Å². The lowest BCUT2D eigenvalue weighted by Gasteiger charge is -2.21. The first-order chi connectivity index (χ1) is 8.81. The molecule has 0 saturated carbocycles. The molecule has 2 aromatic rings. The highest BCUT2D eigenvalue weighted by atomic mass is 16.1. The molecule has 0 saturated heterocycles. The summed E-state index contributed by atoms with van der Waals surface area (Å²) in [6.45, 7) is 2.14. The Kier molecular flexibility index (Phi) is 2.78. The summed E-state index contributed by atoms with van der Waals surface area (Å²) in [6.07, 6.45) is 9.26. The number of imidazole rings is 1. The third kappa shape index (κ3) is 1.68. The standard InChI is InChI=1S/C14H17N3O/c1-2-11(14-15-7-8-16-14)17-9-6-10-12(17)4-3-5-13(10)18/h6-9,11H,2-5H2,1H3,(H,15,16). The lowest BCUT2D eigenvalue weighted by molar-refractivity contribution is 0.0971. The Morgan fingerprint density at radius 1 is 1.50 bits per heavy atom. The molecule has 0 amide bonds. The van der Waals surface area contributed by atoms with E-state index in [0.29, 0.717) is 6.42 Å². The van der Waals surface area contributed by atoms with Crippen molar-refractivity contribution < 1.29 is 4.79 Å². The van der Waals surface area contributed by atoms with Crippen LogP contribution in [0.4, 0.5) is 0 Å². The smallest absolute Gasteiger partial charge is 0.164 e. The van der Waals surface area contributed by atoms with Gasteiger partial charge in [0.05, 0.1) is 6.04 Å². The highest BCUT2D eigenvalue weighted by Crippen LogP contribution is 2.28. The third-order valence-electron chi connectivity index (χ3n) is 3.70. The molecule has 2 heterocycles. The molecule has 0 aromatic carbocycles. The van der Waals surface area contributed by atoms with E-state index in [9.17, 15) is 4.79 Å². The summed E-state index contributed by atoms with van der Waals surface area (Å²) < 4.78 is 2.21. The first-order valence-corrected chi connectivity index (χ1v) is 6.53. The number of aromatic amines is 1. The van der Waals surface area contributed by atoms with Crippen LogP contribution in [0.3, 0.4) is 0 Å². The molecule has 1 unspecified atom stereocenters. The van der Waals surface area contributed by atoms with Crippen LogP contribution >= 0.6 is 0 Å². The summed E-state index contributed by atoms with van der Waals surface area (Å²) in [5.74, 6) is 1.25. The quantitative estimate of drug-likeness (QED) is 0.901. The highest BCUT2D eigenvalue weighted by Gasteiger charge is 2.24. The SMILES string of the molecule is CCC(c1ncc[nH]1)n1ccc2c1CCCC2=O. The zero-order valence-electron chi connectivity index (χ0n) is 10.5. The van der Waals surface area contributed by atoms with Crippen molar-refractivity contribution in [3.63, 3.8) is 0 Å². The number of hydrogen-bond donors (Lipinski definition) is 1. The summed E-state index contributed by atoms with van der Waals surface area (Å²) in [6, 6.07) is 2.16. The zero-order valence-corrected chi connectivity index (χ0v) is 10.5. The number of carbonyl (C=O) groups excluding carboxylic acids is 1. The van der Waals surface area contributed by atoms with Crippen LogP contribution in [0.2, 0.25) is 0 Å². The highest BCUT2D eigenvalue weighted by molar-refractivity contribution is 5.98.